The van der Waals surface area contributed by atoms with Crippen LogP contribution in [0.2, 0.25) is 0 Å². The van der Waals surface area contributed by atoms with Crippen LogP contribution in [0.15, 0.2) is 17.5 Å². The summed E-state index contributed by atoms with van der Waals surface area (Å²) < 4.78 is 0. The Morgan fingerprint density at radius 2 is 2.13 bits per heavy atom. The fourth-order valence-corrected chi connectivity index (χ4v) is 7.12. The number of carboxylic acids is 1. The van der Waals surface area contributed by atoms with Crippen molar-refractivity contribution in [3.05, 3.63) is 33.0 Å². The number of rotatable bonds is 5. The predicted octanol–water partition coefficient (Wildman–Crippen LogP) is 3.35. The highest BCUT2D eigenvalue weighted by Crippen LogP contribution is 2.62. The summed E-state index contributed by atoms with van der Waals surface area (Å²) in [5, 5.41) is 35.6. The molecule has 2 aromatic rings. The molecule has 9 heteroatoms. The van der Waals surface area contributed by atoms with Gasteiger partial charge in [0, 0.05) is 16.2 Å². The third kappa shape index (κ3) is 3.37. The van der Waals surface area contributed by atoms with Crippen molar-refractivity contribution < 1.29 is 24.9 Å². The van der Waals surface area contributed by atoms with Gasteiger partial charge in [-0.05, 0) is 42.0 Å². The van der Waals surface area contributed by atoms with Crippen LogP contribution in [0.5, 0.6) is 0 Å². The van der Waals surface area contributed by atoms with E-state index in [1.54, 1.807) is 6.07 Å². The Morgan fingerprint density at radius 3 is 2.77 bits per heavy atom. The maximum absolute atomic E-state index is 12.5. The Balaban J connectivity index is 1.73. The van der Waals surface area contributed by atoms with E-state index in [9.17, 15) is 24.9 Å². The Morgan fingerprint density at radius 1 is 1.37 bits per heavy atom. The largest absolute Gasteiger partial charge is 0.481 e. The molecule has 0 radical (unpaired) electrons. The van der Waals surface area contributed by atoms with E-state index in [0.29, 0.717) is 29.3 Å². The topological polar surface area (TPSA) is 120 Å². The van der Waals surface area contributed by atoms with Crippen molar-refractivity contribution in [2.75, 3.05) is 11.9 Å². The number of aliphatic carboxylic acids is 1. The average Bonchev–Trinajstić information content (AvgIpc) is 3.36. The number of anilines is 1. The predicted molar refractivity (Wildman–Crippen MR) is 115 cm³/mol. The number of carboxylic acid groups (broad SMARTS) is 1. The number of carbonyl (C=O) groups excluding carboxylic acids is 1. The molecule has 2 aliphatic carbocycles. The number of hydrogen-bond acceptors (Lipinski definition) is 7. The highest BCUT2D eigenvalue weighted by molar-refractivity contribution is 7.16. The molecule has 0 unspecified atom stereocenters. The first-order valence-electron chi connectivity index (χ1n) is 10.0. The van der Waals surface area contributed by atoms with Crippen molar-refractivity contribution in [2.24, 2.45) is 16.7 Å². The van der Waals surface area contributed by atoms with Gasteiger partial charge in [-0.2, -0.15) is 0 Å². The number of amides is 1. The van der Waals surface area contributed by atoms with Crippen LogP contribution in [0.1, 0.15) is 59.3 Å². The molecule has 1 saturated carbocycles. The number of aromatic nitrogens is 1. The van der Waals surface area contributed by atoms with Crippen LogP contribution >= 0.6 is 22.7 Å². The summed E-state index contributed by atoms with van der Waals surface area (Å²) in [7, 11) is 0. The maximum Gasteiger partial charge on any atom is 0.304 e. The number of aliphatic hydroxyl groups is 2. The number of carbonyl (C=O) groups is 2. The molecular formula is C21H26N2O5S2. The molecule has 2 heterocycles. The Kier molecular flexibility index (Phi) is 5.50. The molecule has 4 N–H and O–H groups in total. The van der Waals surface area contributed by atoms with Crippen LogP contribution in [-0.2, 0) is 11.2 Å². The highest BCUT2D eigenvalue weighted by atomic mass is 32.1. The van der Waals surface area contributed by atoms with Crippen LogP contribution in [0.4, 0.5) is 5.13 Å². The molecule has 0 saturated heterocycles. The van der Waals surface area contributed by atoms with Crippen molar-refractivity contribution in [1.29, 1.82) is 0 Å². The minimum Gasteiger partial charge on any atom is -0.481 e. The molecule has 0 spiro atoms. The second-order valence-electron chi connectivity index (χ2n) is 8.89. The summed E-state index contributed by atoms with van der Waals surface area (Å²) in [6.07, 6.45) is 1.07. The Hall–Kier alpha value is -1.81. The summed E-state index contributed by atoms with van der Waals surface area (Å²) in [6.45, 7) is 3.80. The van der Waals surface area contributed by atoms with E-state index in [2.05, 4.69) is 17.2 Å². The normalized spacial score (nSPS) is 32.9. The first kappa shape index (κ1) is 21.4. The molecule has 0 aromatic carbocycles. The van der Waals surface area contributed by atoms with Crippen LogP contribution in [0.25, 0.3) is 0 Å². The summed E-state index contributed by atoms with van der Waals surface area (Å²) >= 11 is 2.71. The fraction of sp³-hybridized carbons (Fsp3) is 0.571. The number of thiophene rings is 1. The summed E-state index contributed by atoms with van der Waals surface area (Å²) in [6, 6.07) is 3.55. The molecule has 1 amide bonds. The van der Waals surface area contributed by atoms with E-state index in [4.69, 9.17) is 0 Å². The molecule has 2 aliphatic rings. The molecule has 1 fully saturated rings. The van der Waals surface area contributed by atoms with Gasteiger partial charge in [0.15, 0.2) is 5.13 Å². The van der Waals surface area contributed by atoms with Gasteiger partial charge in [0.2, 0.25) is 0 Å². The van der Waals surface area contributed by atoms with E-state index in [1.165, 1.54) is 22.7 Å². The SMILES string of the molecule is C[C@]1(CO)[C@H]2Cc3sc(NC(=O)c4cccs4)nc3[C@@H](CC(=O)O)[C@]2(C)CC[C@H]1O. The molecule has 0 bridgehead atoms. The lowest BCUT2D eigenvalue weighted by molar-refractivity contribution is -0.150. The van der Waals surface area contributed by atoms with Crippen LogP contribution in [0.3, 0.4) is 0 Å². The lowest BCUT2D eigenvalue weighted by atomic mass is 9.47. The lowest BCUT2D eigenvalue weighted by Gasteiger charge is -2.58. The Labute approximate surface area is 182 Å². The zero-order valence-corrected chi connectivity index (χ0v) is 18.6. The van der Waals surface area contributed by atoms with Gasteiger partial charge in [-0.15, -0.1) is 22.7 Å². The molecular weight excluding hydrogens is 424 g/mol. The standard InChI is InChI=1S/C21H26N2O5S2/c1-20-6-5-15(25)21(2,10-24)14(20)9-13-17(11(20)8-16(26)27)22-19(30-13)23-18(28)12-4-3-7-29-12/h3-4,7,11,14-15,24-25H,5-6,8-10H2,1-2H3,(H,26,27)(H,22,23,28)/t11-,14+,15-,20+,21+/m1/s1. The van der Waals surface area contributed by atoms with Crippen molar-refractivity contribution in [1.82, 2.24) is 4.98 Å². The fourth-order valence-electron chi connectivity index (χ4n) is 5.44. The van der Waals surface area contributed by atoms with E-state index < -0.39 is 22.9 Å². The molecule has 5 atom stereocenters. The van der Waals surface area contributed by atoms with Crippen molar-refractivity contribution >= 4 is 39.7 Å². The maximum atomic E-state index is 12.5. The first-order valence-corrected chi connectivity index (χ1v) is 11.7. The highest BCUT2D eigenvalue weighted by Gasteiger charge is 2.59. The molecule has 4 rings (SSSR count). The quantitative estimate of drug-likeness (QED) is 0.555. The molecule has 30 heavy (non-hydrogen) atoms. The summed E-state index contributed by atoms with van der Waals surface area (Å²) in [5.74, 6) is -1.56. The Bertz CT molecular complexity index is 959. The summed E-state index contributed by atoms with van der Waals surface area (Å²) in [4.78, 5) is 30.4. The second-order valence-corrected chi connectivity index (χ2v) is 10.9. The van der Waals surface area contributed by atoms with Gasteiger partial charge >= 0.3 is 5.97 Å². The van der Waals surface area contributed by atoms with Gasteiger partial charge < -0.3 is 15.3 Å². The lowest BCUT2D eigenvalue weighted by Crippen LogP contribution is -2.57. The van der Waals surface area contributed by atoms with Crippen LogP contribution in [0, 0.1) is 16.7 Å². The van der Waals surface area contributed by atoms with Crippen LogP contribution < -0.4 is 5.32 Å². The molecule has 7 nitrogen and oxygen atoms in total. The number of aliphatic hydroxyl groups excluding tert-OH is 2. The van der Waals surface area contributed by atoms with Crippen LogP contribution in [-0.4, -0.2) is 44.9 Å². The number of hydrogen-bond donors (Lipinski definition) is 4. The first-order chi connectivity index (χ1) is 14.2. The van der Waals surface area contributed by atoms with Crippen molar-refractivity contribution in [3.63, 3.8) is 0 Å². The second kappa shape index (κ2) is 7.71. The minimum atomic E-state index is -0.901. The van der Waals surface area contributed by atoms with E-state index in [-0.39, 0.29) is 30.8 Å². The number of thiazole rings is 1. The van der Waals surface area contributed by atoms with Gasteiger partial charge in [-0.3, -0.25) is 14.9 Å². The summed E-state index contributed by atoms with van der Waals surface area (Å²) in [5.41, 5.74) is -0.392. The van der Waals surface area contributed by atoms with E-state index in [1.807, 2.05) is 18.4 Å². The molecule has 2 aromatic heterocycles. The van der Waals surface area contributed by atoms with Gasteiger partial charge in [0.1, 0.15) is 0 Å². The number of nitrogens with zero attached hydrogens (tertiary/aromatic N) is 1. The third-order valence-corrected chi connectivity index (χ3v) is 9.12. The zero-order chi connectivity index (χ0) is 21.7. The smallest absolute Gasteiger partial charge is 0.304 e. The van der Waals surface area contributed by atoms with Crippen molar-refractivity contribution in [3.8, 4) is 0 Å². The van der Waals surface area contributed by atoms with Crippen molar-refractivity contribution in [2.45, 2.75) is 51.6 Å². The van der Waals surface area contributed by atoms with Gasteiger partial charge in [-0.1, -0.05) is 19.9 Å². The third-order valence-electron chi connectivity index (χ3n) is 7.24. The average molecular weight is 451 g/mol. The van der Waals surface area contributed by atoms with E-state index >= 15 is 0 Å². The molecule has 162 valence electrons. The number of nitrogens with one attached hydrogen (secondary N) is 1. The van der Waals surface area contributed by atoms with Gasteiger partial charge in [0.25, 0.3) is 5.91 Å². The zero-order valence-electron chi connectivity index (χ0n) is 16.9. The van der Waals surface area contributed by atoms with E-state index in [0.717, 1.165) is 10.6 Å². The minimum absolute atomic E-state index is 0.0698. The van der Waals surface area contributed by atoms with Gasteiger partial charge in [0.05, 0.1) is 29.7 Å². The van der Waals surface area contributed by atoms with Gasteiger partial charge in [-0.25, -0.2) is 4.98 Å². The molecule has 0 aliphatic heterocycles. The monoisotopic (exact) mass is 450 g/mol. The number of fused-ring (bicyclic) bond motifs is 2.